The molecule has 2 aliphatic heterocycles. The van der Waals surface area contributed by atoms with Crippen LogP contribution < -0.4 is 5.32 Å². The highest BCUT2D eigenvalue weighted by Gasteiger charge is 2.47. The van der Waals surface area contributed by atoms with Crippen molar-refractivity contribution in [3.63, 3.8) is 0 Å². The molecule has 0 bridgehead atoms. The van der Waals surface area contributed by atoms with Crippen LogP contribution in [0.15, 0.2) is 18.2 Å². The molecule has 0 aromatic heterocycles. The van der Waals surface area contributed by atoms with Gasteiger partial charge in [-0.1, -0.05) is 19.4 Å². The Morgan fingerprint density at radius 3 is 2.55 bits per heavy atom. The lowest BCUT2D eigenvalue weighted by Gasteiger charge is -2.48. The molecule has 11 heteroatoms. The van der Waals surface area contributed by atoms with Crippen LogP contribution in [-0.4, -0.2) is 87.4 Å². The molecule has 0 spiro atoms. The van der Waals surface area contributed by atoms with Gasteiger partial charge in [0.05, 0.1) is 18.3 Å². The summed E-state index contributed by atoms with van der Waals surface area (Å²) in [6.45, 7) is 10.9. The first-order valence-electron chi connectivity index (χ1n) is 13.6. The molecule has 2 heterocycles. The van der Waals surface area contributed by atoms with Gasteiger partial charge in [-0.25, -0.2) is 4.79 Å². The fourth-order valence-corrected chi connectivity index (χ4v) is 5.34. The number of amides is 1. The van der Waals surface area contributed by atoms with Crippen LogP contribution in [0.3, 0.4) is 0 Å². The monoisotopic (exact) mass is 565 g/mol. The number of esters is 1. The molecule has 0 saturated carbocycles. The van der Waals surface area contributed by atoms with E-state index in [4.69, 9.17) is 14.2 Å². The Hall–Kier alpha value is -2.70. The van der Waals surface area contributed by atoms with E-state index in [-0.39, 0.29) is 49.2 Å². The molecule has 1 amide bonds. The highest BCUT2D eigenvalue weighted by atomic mass is 16.6. The van der Waals surface area contributed by atoms with E-state index >= 15 is 0 Å². The standard InChI is InChI=1S/C29H43NO10/c1-14(2)7-8-19(32)26(36)30-27(38-6)22-13-23(35)29(4,5)24(40-22)10-16(31)9-17-11-18-15(3)20(33)12-21(34)25(18)28(37)39-17/h12,16-17,19,22-24,27,31-35H,1,7-11,13H2,2-6H3,(H,30,36)/t16-,17?,19+,22+,23?,24-,27?/m1/s1. The Kier molecular flexibility index (Phi) is 10.2. The molecule has 0 aliphatic carbocycles. The quantitative estimate of drug-likeness (QED) is 0.132. The smallest absolute Gasteiger partial charge is 0.342 e. The number of ether oxygens (including phenoxy) is 3. The van der Waals surface area contributed by atoms with Crippen molar-refractivity contribution in [1.82, 2.24) is 5.32 Å². The minimum atomic E-state index is -1.26. The lowest BCUT2D eigenvalue weighted by atomic mass is 9.73. The molecule has 224 valence electrons. The predicted octanol–water partition coefficient (Wildman–Crippen LogP) is 1.98. The maximum atomic E-state index is 12.6. The second-order valence-corrected chi connectivity index (χ2v) is 11.7. The van der Waals surface area contributed by atoms with Crippen molar-refractivity contribution in [1.29, 1.82) is 0 Å². The molecule has 0 radical (unpaired) electrons. The van der Waals surface area contributed by atoms with Crippen molar-refractivity contribution < 1.29 is 49.3 Å². The molecule has 3 unspecified atom stereocenters. The van der Waals surface area contributed by atoms with Crippen LogP contribution in [0.25, 0.3) is 0 Å². The number of allylic oxidation sites excluding steroid dienone is 1. The van der Waals surface area contributed by atoms with E-state index in [0.717, 1.165) is 11.6 Å². The number of hydrogen-bond acceptors (Lipinski definition) is 10. The molecule has 6 N–H and O–H groups in total. The normalized spacial score (nSPS) is 26.2. The third-order valence-electron chi connectivity index (χ3n) is 8.11. The van der Waals surface area contributed by atoms with Crippen molar-refractivity contribution in [3.05, 3.63) is 34.9 Å². The highest BCUT2D eigenvalue weighted by molar-refractivity contribution is 5.96. The summed E-state index contributed by atoms with van der Waals surface area (Å²) in [7, 11) is 1.39. The molecule has 1 aromatic carbocycles. The second-order valence-electron chi connectivity index (χ2n) is 11.7. The highest BCUT2D eigenvalue weighted by Crippen LogP contribution is 2.41. The van der Waals surface area contributed by atoms with Crippen LogP contribution in [0.5, 0.6) is 11.5 Å². The molecule has 3 rings (SSSR count). The van der Waals surface area contributed by atoms with Crippen LogP contribution in [0.2, 0.25) is 0 Å². The number of benzene rings is 1. The SMILES string of the molecule is C=C(C)CC[C@H](O)C(=O)NC(OC)[C@@H]1CC(O)C(C)(C)[C@@H](C[C@H](O)CC2Cc3c(C)c(O)cc(O)c3C(=O)O2)O1. The maximum absolute atomic E-state index is 12.6. The summed E-state index contributed by atoms with van der Waals surface area (Å²) in [6.07, 6.45) is -4.92. The Morgan fingerprint density at radius 1 is 1.25 bits per heavy atom. The summed E-state index contributed by atoms with van der Waals surface area (Å²) in [5, 5.41) is 55.0. The van der Waals surface area contributed by atoms with Crippen LogP contribution >= 0.6 is 0 Å². The number of aliphatic hydroxyl groups is 3. The number of phenolic OH excluding ortho intramolecular Hbond substituents is 2. The first-order chi connectivity index (χ1) is 18.6. The van der Waals surface area contributed by atoms with E-state index in [2.05, 4.69) is 11.9 Å². The van der Waals surface area contributed by atoms with Crippen molar-refractivity contribution in [3.8, 4) is 11.5 Å². The molecular formula is C29H43NO10. The minimum Gasteiger partial charge on any atom is -0.508 e. The number of carbonyl (C=O) groups is 2. The summed E-state index contributed by atoms with van der Waals surface area (Å²) in [5.41, 5.74) is 1.03. The van der Waals surface area contributed by atoms with E-state index < -0.39 is 60.1 Å². The average Bonchev–Trinajstić information content (AvgIpc) is 2.86. The molecule has 11 nitrogen and oxygen atoms in total. The van der Waals surface area contributed by atoms with E-state index in [1.807, 2.05) is 20.8 Å². The summed E-state index contributed by atoms with van der Waals surface area (Å²) in [6, 6.07) is 1.10. The molecule has 40 heavy (non-hydrogen) atoms. The van der Waals surface area contributed by atoms with Gasteiger partial charge in [-0.2, -0.15) is 0 Å². The molecule has 7 atom stereocenters. The van der Waals surface area contributed by atoms with Crippen LogP contribution in [0.1, 0.15) is 74.4 Å². The van der Waals surface area contributed by atoms with Gasteiger partial charge in [-0.15, -0.1) is 6.58 Å². The van der Waals surface area contributed by atoms with E-state index in [1.165, 1.54) is 7.11 Å². The second kappa shape index (κ2) is 12.9. The van der Waals surface area contributed by atoms with Gasteiger partial charge in [0.25, 0.3) is 5.91 Å². The Balaban J connectivity index is 1.67. The summed E-state index contributed by atoms with van der Waals surface area (Å²) in [4.78, 5) is 25.1. The van der Waals surface area contributed by atoms with Gasteiger partial charge in [0.15, 0.2) is 6.23 Å². The van der Waals surface area contributed by atoms with Gasteiger partial charge >= 0.3 is 5.97 Å². The van der Waals surface area contributed by atoms with Gasteiger partial charge in [0.2, 0.25) is 0 Å². The number of cyclic esters (lactones) is 1. The number of hydrogen-bond donors (Lipinski definition) is 6. The lowest BCUT2D eigenvalue weighted by molar-refractivity contribution is -0.215. The number of fused-ring (bicyclic) bond motifs is 1. The lowest BCUT2D eigenvalue weighted by Crippen LogP contribution is -2.58. The zero-order chi connectivity index (χ0) is 29.9. The minimum absolute atomic E-state index is 0.0150. The summed E-state index contributed by atoms with van der Waals surface area (Å²) >= 11 is 0. The molecule has 2 aliphatic rings. The predicted molar refractivity (Wildman–Crippen MR) is 145 cm³/mol. The van der Waals surface area contributed by atoms with Gasteiger partial charge in [-0.05, 0) is 37.8 Å². The number of phenols is 2. The van der Waals surface area contributed by atoms with Gasteiger partial charge in [0, 0.05) is 44.3 Å². The summed E-state index contributed by atoms with van der Waals surface area (Å²) in [5.74, 6) is -1.85. The largest absolute Gasteiger partial charge is 0.508 e. The fraction of sp³-hybridized carbons (Fsp3) is 0.655. The molecule has 1 aromatic rings. The molecular weight excluding hydrogens is 522 g/mol. The van der Waals surface area contributed by atoms with Crippen molar-refractivity contribution >= 4 is 11.9 Å². The van der Waals surface area contributed by atoms with Gasteiger partial charge in [0.1, 0.15) is 35.4 Å². The zero-order valence-electron chi connectivity index (χ0n) is 23.8. The Labute approximate surface area is 234 Å². The van der Waals surface area contributed by atoms with Gasteiger partial charge in [-0.3, -0.25) is 4.79 Å². The number of carbonyl (C=O) groups excluding carboxylic acids is 2. The third-order valence-corrected chi connectivity index (χ3v) is 8.11. The average molecular weight is 566 g/mol. The number of aromatic hydroxyl groups is 2. The van der Waals surface area contributed by atoms with E-state index in [0.29, 0.717) is 17.5 Å². The summed E-state index contributed by atoms with van der Waals surface area (Å²) < 4.78 is 17.2. The van der Waals surface area contributed by atoms with Crippen LogP contribution in [0, 0.1) is 12.3 Å². The van der Waals surface area contributed by atoms with Crippen LogP contribution in [-0.2, 0) is 25.4 Å². The molecule has 1 fully saturated rings. The van der Waals surface area contributed by atoms with E-state index in [9.17, 15) is 35.1 Å². The number of methoxy groups -OCH3 is 1. The third kappa shape index (κ3) is 7.13. The van der Waals surface area contributed by atoms with Crippen LogP contribution in [0.4, 0.5) is 0 Å². The molecule has 1 saturated heterocycles. The Bertz CT molecular complexity index is 1100. The number of nitrogens with one attached hydrogen (secondary N) is 1. The van der Waals surface area contributed by atoms with Gasteiger partial charge < -0.3 is 45.1 Å². The topological polar surface area (TPSA) is 175 Å². The maximum Gasteiger partial charge on any atom is 0.342 e. The zero-order valence-corrected chi connectivity index (χ0v) is 23.8. The number of rotatable bonds is 11. The van der Waals surface area contributed by atoms with Crippen molar-refractivity contribution in [2.45, 2.75) is 109 Å². The van der Waals surface area contributed by atoms with E-state index in [1.54, 1.807) is 6.92 Å². The van der Waals surface area contributed by atoms with Crippen molar-refractivity contribution in [2.75, 3.05) is 7.11 Å². The fourth-order valence-electron chi connectivity index (χ4n) is 5.34. The first-order valence-corrected chi connectivity index (χ1v) is 13.6. The Morgan fingerprint density at radius 2 is 1.93 bits per heavy atom. The van der Waals surface area contributed by atoms with Crippen molar-refractivity contribution in [2.24, 2.45) is 5.41 Å². The number of aliphatic hydroxyl groups excluding tert-OH is 3. The first kappa shape index (κ1) is 31.8.